The van der Waals surface area contributed by atoms with Crippen molar-refractivity contribution in [1.29, 1.82) is 0 Å². The van der Waals surface area contributed by atoms with Crippen LogP contribution in [0.25, 0.3) is 0 Å². The Hall–Kier alpha value is -2.02. The molecule has 144 valence electrons. The van der Waals surface area contributed by atoms with Crippen molar-refractivity contribution in [3.8, 4) is 0 Å². The van der Waals surface area contributed by atoms with Crippen LogP contribution in [0.2, 0.25) is 0 Å². The largest absolute Gasteiger partial charge is 0.354 e. The van der Waals surface area contributed by atoms with Crippen LogP contribution in [-0.4, -0.2) is 40.5 Å². The zero-order chi connectivity index (χ0) is 18.6. The maximum Gasteiger partial charge on any atom is 0.222 e. The summed E-state index contributed by atoms with van der Waals surface area (Å²) in [4.78, 5) is 11.4. The van der Waals surface area contributed by atoms with Gasteiger partial charge in [0.25, 0.3) is 0 Å². The number of hydrazine groups is 1. The predicted molar refractivity (Wildman–Crippen MR) is 108 cm³/mol. The van der Waals surface area contributed by atoms with Gasteiger partial charge in [-0.25, -0.2) is 15.4 Å². The van der Waals surface area contributed by atoms with Crippen LogP contribution in [0.3, 0.4) is 0 Å². The molecule has 3 N–H and O–H groups in total. The quantitative estimate of drug-likeness (QED) is 0.730. The summed E-state index contributed by atoms with van der Waals surface area (Å²) in [6.07, 6.45) is 6.16. The van der Waals surface area contributed by atoms with E-state index in [4.69, 9.17) is 0 Å². The number of anilines is 1. The first-order valence-electron chi connectivity index (χ1n) is 10.1. The number of benzene rings is 1. The summed E-state index contributed by atoms with van der Waals surface area (Å²) in [5.41, 5.74) is 11.0. The van der Waals surface area contributed by atoms with Crippen LogP contribution in [0.15, 0.2) is 36.7 Å². The summed E-state index contributed by atoms with van der Waals surface area (Å²) < 4.78 is 0. The number of nitrogens with one attached hydrogen (secondary N) is 3. The lowest BCUT2D eigenvalue weighted by atomic mass is 9.83. The third-order valence-corrected chi connectivity index (χ3v) is 5.76. The topological polar surface area (TPSA) is 65.1 Å². The number of rotatable bonds is 6. The van der Waals surface area contributed by atoms with Crippen molar-refractivity contribution in [2.75, 3.05) is 25.0 Å². The minimum Gasteiger partial charge on any atom is -0.354 e. The highest BCUT2D eigenvalue weighted by molar-refractivity contribution is 5.30. The molecule has 27 heavy (non-hydrogen) atoms. The molecule has 0 amide bonds. The summed E-state index contributed by atoms with van der Waals surface area (Å²) >= 11 is 0. The molecule has 4 rings (SSSR count). The van der Waals surface area contributed by atoms with Gasteiger partial charge in [-0.15, -0.1) is 0 Å². The molecule has 2 aliphatic rings. The molecule has 0 aliphatic carbocycles. The number of aryl methyl sites for hydroxylation is 1. The van der Waals surface area contributed by atoms with Crippen LogP contribution in [0, 0.1) is 12.8 Å². The Morgan fingerprint density at radius 3 is 2.78 bits per heavy atom. The van der Waals surface area contributed by atoms with Crippen molar-refractivity contribution in [2.45, 2.75) is 45.3 Å². The van der Waals surface area contributed by atoms with Gasteiger partial charge in [-0.05, 0) is 30.9 Å². The minimum absolute atomic E-state index is 0.371. The molecule has 2 fully saturated rings. The van der Waals surface area contributed by atoms with E-state index in [-0.39, 0.29) is 0 Å². The molecule has 6 nitrogen and oxygen atoms in total. The first kappa shape index (κ1) is 18.3. The Morgan fingerprint density at radius 1 is 1.19 bits per heavy atom. The third-order valence-electron chi connectivity index (χ3n) is 5.76. The van der Waals surface area contributed by atoms with Gasteiger partial charge in [0.1, 0.15) is 0 Å². The monoisotopic (exact) mass is 366 g/mol. The molecule has 0 saturated carbocycles. The van der Waals surface area contributed by atoms with Crippen molar-refractivity contribution < 1.29 is 0 Å². The molecule has 2 aliphatic heterocycles. The van der Waals surface area contributed by atoms with Crippen molar-refractivity contribution in [3.05, 3.63) is 53.3 Å². The average Bonchev–Trinajstić information content (AvgIpc) is 3.11. The van der Waals surface area contributed by atoms with E-state index in [0.29, 0.717) is 18.0 Å². The molecule has 1 aromatic heterocycles. The van der Waals surface area contributed by atoms with Crippen LogP contribution in [-0.2, 0) is 6.54 Å². The van der Waals surface area contributed by atoms with E-state index in [2.05, 4.69) is 69.1 Å². The van der Waals surface area contributed by atoms with Crippen LogP contribution >= 0.6 is 0 Å². The highest BCUT2D eigenvalue weighted by Gasteiger charge is 2.40. The first-order chi connectivity index (χ1) is 13.2. The fourth-order valence-corrected chi connectivity index (χ4v) is 4.28. The number of aromatic nitrogens is 2. The smallest absolute Gasteiger partial charge is 0.222 e. The van der Waals surface area contributed by atoms with Crippen LogP contribution in [0.4, 0.5) is 5.95 Å². The van der Waals surface area contributed by atoms with Gasteiger partial charge in [0.05, 0.1) is 6.04 Å². The molecule has 2 saturated heterocycles. The van der Waals surface area contributed by atoms with E-state index < -0.39 is 0 Å². The van der Waals surface area contributed by atoms with E-state index in [1.807, 2.05) is 12.4 Å². The number of piperidine rings is 1. The van der Waals surface area contributed by atoms with Gasteiger partial charge in [0.2, 0.25) is 5.95 Å². The van der Waals surface area contributed by atoms with E-state index in [1.165, 1.54) is 16.7 Å². The van der Waals surface area contributed by atoms with Crippen molar-refractivity contribution >= 4 is 5.95 Å². The number of likely N-dealkylation sites (tertiary alicyclic amines) is 1. The molecular formula is C21H30N6. The lowest BCUT2D eigenvalue weighted by Crippen LogP contribution is -2.45. The van der Waals surface area contributed by atoms with Gasteiger partial charge in [-0.3, -0.25) is 10.3 Å². The minimum atomic E-state index is 0.371. The predicted octanol–water partition coefficient (Wildman–Crippen LogP) is 2.65. The number of fused-ring (bicyclic) bond motifs is 1. The molecule has 0 radical (unpaired) electrons. The van der Waals surface area contributed by atoms with Gasteiger partial charge in [0, 0.05) is 56.1 Å². The van der Waals surface area contributed by atoms with Gasteiger partial charge in [0.15, 0.2) is 0 Å². The third kappa shape index (κ3) is 4.13. The summed E-state index contributed by atoms with van der Waals surface area (Å²) in [5, 5.41) is 3.23. The van der Waals surface area contributed by atoms with Crippen molar-refractivity contribution in [1.82, 2.24) is 25.7 Å². The molecule has 2 aromatic rings. The maximum absolute atomic E-state index is 4.45. The Labute approximate surface area is 161 Å². The second-order valence-corrected chi connectivity index (χ2v) is 7.76. The van der Waals surface area contributed by atoms with Crippen molar-refractivity contribution in [3.63, 3.8) is 0 Å². The summed E-state index contributed by atoms with van der Waals surface area (Å²) in [5.74, 6) is 1.30. The summed E-state index contributed by atoms with van der Waals surface area (Å²) in [6.45, 7) is 8.36. The zero-order valence-electron chi connectivity index (χ0n) is 16.3. The molecule has 6 heteroatoms. The fourth-order valence-electron chi connectivity index (χ4n) is 4.28. The highest BCUT2D eigenvalue weighted by atomic mass is 15.4. The zero-order valence-corrected chi connectivity index (χ0v) is 16.3. The SMILES string of the molecule is CCCNc1ncc(CN2CCC3NNC(c4ccccc4C)C3C2)cn1. The lowest BCUT2D eigenvalue weighted by molar-refractivity contribution is 0.148. The fraction of sp³-hybridized carbons (Fsp3) is 0.524. The van der Waals surface area contributed by atoms with Crippen LogP contribution in [0.1, 0.15) is 42.5 Å². The van der Waals surface area contributed by atoms with Crippen LogP contribution in [0.5, 0.6) is 0 Å². The van der Waals surface area contributed by atoms with E-state index in [0.717, 1.165) is 45.0 Å². The van der Waals surface area contributed by atoms with E-state index >= 15 is 0 Å². The van der Waals surface area contributed by atoms with Gasteiger partial charge in [-0.1, -0.05) is 31.2 Å². The maximum atomic E-state index is 4.45. The average molecular weight is 367 g/mol. The normalized spacial score (nSPS) is 25.3. The molecule has 3 atom stereocenters. The number of hydrogen-bond acceptors (Lipinski definition) is 6. The highest BCUT2D eigenvalue weighted by Crippen LogP contribution is 2.35. The Balaban J connectivity index is 1.41. The van der Waals surface area contributed by atoms with Gasteiger partial charge in [-0.2, -0.15) is 0 Å². The van der Waals surface area contributed by atoms with E-state index in [1.54, 1.807) is 0 Å². The molecule has 0 bridgehead atoms. The van der Waals surface area contributed by atoms with Crippen LogP contribution < -0.4 is 16.2 Å². The standard InChI is InChI=1S/C21H30N6/c1-3-9-22-21-23-11-16(12-24-21)13-27-10-8-19-18(14-27)20(26-25-19)17-7-5-4-6-15(17)2/h4-7,11-12,18-20,25-26H,3,8-10,13-14H2,1-2H3,(H,22,23,24). The molecule has 3 unspecified atom stereocenters. The second-order valence-electron chi connectivity index (χ2n) is 7.76. The Morgan fingerprint density at radius 2 is 2.00 bits per heavy atom. The Bertz CT molecular complexity index is 747. The molecule has 0 spiro atoms. The summed E-state index contributed by atoms with van der Waals surface area (Å²) in [7, 11) is 0. The first-order valence-corrected chi connectivity index (χ1v) is 10.1. The molecule has 3 heterocycles. The van der Waals surface area contributed by atoms with Gasteiger partial charge < -0.3 is 5.32 Å². The Kier molecular flexibility index (Phi) is 5.66. The number of nitrogens with zero attached hydrogens (tertiary/aromatic N) is 3. The molecular weight excluding hydrogens is 336 g/mol. The van der Waals surface area contributed by atoms with E-state index in [9.17, 15) is 0 Å². The lowest BCUT2D eigenvalue weighted by Gasteiger charge is -2.36. The summed E-state index contributed by atoms with van der Waals surface area (Å²) in [6, 6.07) is 9.63. The molecule has 1 aromatic carbocycles. The van der Waals surface area contributed by atoms with Crippen molar-refractivity contribution in [2.24, 2.45) is 5.92 Å². The number of hydrogen-bond donors (Lipinski definition) is 3. The second kappa shape index (κ2) is 8.33. The van der Waals surface area contributed by atoms with Gasteiger partial charge >= 0.3 is 0 Å².